The van der Waals surface area contributed by atoms with E-state index in [0.29, 0.717) is 0 Å². The minimum absolute atomic E-state index is 0.118. The lowest BCUT2D eigenvalue weighted by Gasteiger charge is -2.30. The molecule has 0 fully saturated rings. The number of allylic oxidation sites excluding steroid dienone is 2. The highest BCUT2D eigenvalue weighted by Gasteiger charge is 2.36. The molecule has 1 aliphatic heterocycles. The monoisotopic (exact) mass is 455 g/mol. The van der Waals surface area contributed by atoms with Gasteiger partial charge in [-0.3, -0.25) is 24.1 Å². The summed E-state index contributed by atoms with van der Waals surface area (Å²) in [6.07, 6.45) is 2.67. The molecule has 3 aromatic rings. The number of aromatic nitrogens is 4. The Labute approximate surface area is 184 Å². The molecule has 0 amide bonds. The fourth-order valence-electron chi connectivity index (χ4n) is 3.72. The zero-order valence-corrected chi connectivity index (χ0v) is 17.3. The average molecular weight is 456 g/mol. The van der Waals surface area contributed by atoms with Gasteiger partial charge >= 0.3 is 11.4 Å². The Balaban J connectivity index is 2.16. The maximum absolute atomic E-state index is 13.3. The fourth-order valence-corrected chi connectivity index (χ4v) is 3.90. The van der Waals surface area contributed by atoms with Gasteiger partial charge < -0.3 is 14.4 Å². The van der Waals surface area contributed by atoms with E-state index in [1.54, 1.807) is 0 Å². The average Bonchev–Trinajstić information content (AvgIpc) is 2.73. The van der Waals surface area contributed by atoms with Gasteiger partial charge in [0.1, 0.15) is 5.75 Å². The van der Waals surface area contributed by atoms with E-state index >= 15 is 0 Å². The van der Waals surface area contributed by atoms with Crippen LogP contribution in [-0.2, 0) is 13.1 Å². The number of rotatable bonds is 5. The van der Waals surface area contributed by atoms with Gasteiger partial charge in [-0.25, -0.2) is 9.59 Å². The van der Waals surface area contributed by atoms with Crippen molar-refractivity contribution in [3.05, 3.63) is 107 Å². The number of nitrogens with one attached hydrogen (secondary N) is 2. The normalized spacial score (nSPS) is 14.2. The van der Waals surface area contributed by atoms with E-state index < -0.39 is 39.9 Å². The van der Waals surface area contributed by atoms with Crippen molar-refractivity contribution in [3.63, 3.8) is 0 Å². The third-order valence-electron chi connectivity index (χ3n) is 5.07. The van der Waals surface area contributed by atoms with Crippen molar-refractivity contribution in [2.24, 2.45) is 0 Å². The molecule has 0 saturated carbocycles. The van der Waals surface area contributed by atoms with Crippen molar-refractivity contribution in [1.29, 1.82) is 0 Å². The first kappa shape index (κ1) is 21.2. The SMILES string of the molecule is C=CCn1c([O-])c(C2c3cc(Cl)ccc3Oc3[nH]c(=O)n(CC=C)c(=O)c32)c(=O)[nH]c1=O. The van der Waals surface area contributed by atoms with Crippen LogP contribution in [0.4, 0.5) is 0 Å². The van der Waals surface area contributed by atoms with Crippen LogP contribution in [0.3, 0.4) is 0 Å². The Morgan fingerprint density at radius 1 is 1.03 bits per heavy atom. The highest BCUT2D eigenvalue weighted by molar-refractivity contribution is 6.30. The second-order valence-electron chi connectivity index (χ2n) is 6.97. The maximum Gasteiger partial charge on any atom is 0.331 e. The summed E-state index contributed by atoms with van der Waals surface area (Å²) in [7, 11) is 0. The third-order valence-corrected chi connectivity index (χ3v) is 5.30. The summed E-state index contributed by atoms with van der Waals surface area (Å²) in [6, 6.07) is 4.45. The molecule has 0 saturated heterocycles. The summed E-state index contributed by atoms with van der Waals surface area (Å²) in [5.74, 6) is -2.19. The van der Waals surface area contributed by atoms with Crippen LogP contribution in [0.1, 0.15) is 22.6 Å². The summed E-state index contributed by atoms with van der Waals surface area (Å²) in [5.41, 5.74) is -3.69. The molecule has 164 valence electrons. The third kappa shape index (κ3) is 3.21. The Bertz CT molecular complexity index is 1510. The molecule has 11 heteroatoms. The summed E-state index contributed by atoms with van der Waals surface area (Å²) in [6.45, 7) is 6.76. The molecular weight excluding hydrogens is 440 g/mol. The van der Waals surface area contributed by atoms with Gasteiger partial charge in [-0.1, -0.05) is 23.8 Å². The summed E-state index contributed by atoms with van der Waals surface area (Å²) < 4.78 is 7.35. The second-order valence-corrected chi connectivity index (χ2v) is 7.41. The quantitative estimate of drug-likeness (QED) is 0.426. The van der Waals surface area contributed by atoms with Gasteiger partial charge in [0, 0.05) is 29.2 Å². The second kappa shape index (κ2) is 7.89. The van der Waals surface area contributed by atoms with Gasteiger partial charge in [0.05, 0.1) is 11.5 Å². The molecule has 10 nitrogen and oxygen atoms in total. The largest absolute Gasteiger partial charge is 0.860 e. The van der Waals surface area contributed by atoms with Crippen LogP contribution >= 0.6 is 11.6 Å². The van der Waals surface area contributed by atoms with Crippen molar-refractivity contribution in [2.45, 2.75) is 19.0 Å². The van der Waals surface area contributed by atoms with E-state index in [-0.39, 0.29) is 40.9 Å². The molecule has 3 heterocycles. The molecular formula is C21H16ClN4O6-. The van der Waals surface area contributed by atoms with Crippen LogP contribution in [0.25, 0.3) is 0 Å². The fraction of sp³-hybridized carbons (Fsp3) is 0.143. The molecule has 32 heavy (non-hydrogen) atoms. The molecule has 2 aromatic heterocycles. The number of halogens is 1. The van der Waals surface area contributed by atoms with Crippen molar-refractivity contribution in [2.75, 3.05) is 0 Å². The molecule has 4 rings (SSSR count). The first-order chi connectivity index (χ1) is 15.3. The van der Waals surface area contributed by atoms with E-state index in [1.807, 2.05) is 0 Å². The van der Waals surface area contributed by atoms with Gasteiger partial charge in [-0.15, -0.1) is 13.2 Å². The standard InChI is InChI=1S/C21H17ClN4O6/c1-3-7-25-18(28)14(16(27)23-20(25)30)13-11-9-10(22)5-6-12(11)32-17-15(13)19(29)26(8-4-2)21(31)24-17/h3-6,9,13,28H,1-2,7-8H2,(H,24,31)(H,23,27,30)/p-1. The Morgan fingerprint density at radius 3 is 2.38 bits per heavy atom. The van der Waals surface area contributed by atoms with Crippen LogP contribution in [0.5, 0.6) is 17.5 Å². The molecule has 2 N–H and O–H groups in total. The number of hydrogen-bond acceptors (Lipinski definition) is 6. The minimum atomic E-state index is -1.26. The molecule has 0 aliphatic carbocycles. The molecule has 0 bridgehead atoms. The van der Waals surface area contributed by atoms with Crippen molar-refractivity contribution in [1.82, 2.24) is 19.1 Å². The number of ether oxygens (including phenoxy) is 1. The highest BCUT2D eigenvalue weighted by Crippen LogP contribution is 2.45. The Kier molecular flexibility index (Phi) is 5.23. The summed E-state index contributed by atoms with van der Waals surface area (Å²) >= 11 is 6.15. The van der Waals surface area contributed by atoms with E-state index in [9.17, 15) is 24.3 Å². The lowest BCUT2D eigenvalue weighted by Crippen LogP contribution is -2.41. The molecule has 0 radical (unpaired) electrons. The van der Waals surface area contributed by atoms with Crippen LogP contribution in [0.2, 0.25) is 5.02 Å². The van der Waals surface area contributed by atoms with Gasteiger partial charge in [0.2, 0.25) is 5.88 Å². The first-order valence-electron chi connectivity index (χ1n) is 9.38. The van der Waals surface area contributed by atoms with Crippen LogP contribution in [0, 0.1) is 0 Å². The Morgan fingerprint density at radius 2 is 1.69 bits per heavy atom. The molecule has 1 unspecified atom stereocenters. The van der Waals surface area contributed by atoms with Crippen molar-refractivity contribution < 1.29 is 9.84 Å². The van der Waals surface area contributed by atoms with E-state index in [1.165, 1.54) is 30.4 Å². The number of H-pyrrole nitrogens is 2. The van der Waals surface area contributed by atoms with Gasteiger partial charge in [0.25, 0.3) is 11.1 Å². The van der Waals surface area contributed by atoms with Gasteiger partial charge in [-0.05, 0) is 24.1 Å². The zero-order chi connectivity index (χ0) is 23.2. The predicted molar refractivity (Wildman–Crippen MR) is 115 cm³/mol. The minimum Gasteiger partial charge on any atom is -0.860 e. The lowest BCUT2D eigenvalue weighted by atomic mass is 9.84. The number of fused-ring (bicyclic) bond motifs is 2. The smallest absolute Gasteiger partial charge is 0.331 e. The molecule has 1 aromatic carbocycles. The van der Waals surface area contributed by atoms with E-state index in [2.05, 4.69) is 23.1 Å². The topological polar surface area (TPSA) is 142 Å². The van der Waals surface area contributed by atoms with E-state index in [4.69, 9.17) is 16.3 Å². The number of hydrogen-bond donors (Lipinski definition) is 2. The molecule has 0 spiro atoms. The maximum atomic E-state index is 13.3. The lowest BCUT2D eigenvalue weighted by molar-refractivity contribution is -0.281. The van der Waals surface area contributed by atoms with Crippen molar-refractivity contribution in [3.8, 4) is 17.5 Å². The Hall–Kier alpha value is -4.05. The molecule has 1 atom stereocenters. The van der Waals surface area contributed by atoms with Gasteiger partial charge in [0.15, 0.2) is 0 Å². The molecule has 1 aliphatic rings. The van der Waals surface area contributed by atoms with Crippen LogP contribution in [-0.4, -0.2) is 19.1 Å². The number of benzene rings is 1. The summed E-state index contributed by atoms with van der Waals surface area (Å²) in [5, 5.41) is 13.5. The number of nitrogens with zero attached hydrogens (tertiary/aromatic N) is 2. The van der Waals surface area contributed by atoms with Crippen molar-refractivity contribution >= 4 is 11.6 Å². The first-order valence-corrected chi connectivity index (χ1v) is 9.76. The summed E-state index contributed by atoms with van der Waals surface area (Å²) in [4.78, 5) is 55.3. The zero-order valence-electron chi connectivity index (χ0n) is 16.5. The van der Waals surface area contributed by atoms with Crippen LogP contribution in [0.15, 0.2) is 62.7 Å². The van der Waals surface area contributed by atoms with Crippen LogP contribution < -0.4 is 32.3 Å². The van der Waals surface area contributed by atoms with E-state index in [0.717, 1.165) is 9.13 Å². The number of aromatic amines is 2. The predicted octanol–water partition coefficient (Wildman–Crippen LogP) is 0.771. The highest BCUT2D eigenvalue weighted by atomic mass is 35.5. The van der Waals surface area contributed by atoms with Gasteiger partial charge in [-0.2, -0.15) is 0 Å².